The summed E-state index contributed by atoms with van der Waals surface area (Å²) in [6.07, 6.45) is 4.21. The summed E-state index contributed by atoms with van der Waals surface area (Å²) in [5.74, 6) is 0.587. The number of amides is 1. The van der Waals surface area contributed by atoms with Gasteiger partial charge in [0, 0.05) is 32.4 Å². The monoisotopic (exact) mass is 397 g/mol. The highest BCUT2D eigenvalue weighted by Gasteiger charge is 2.35. The molecule has 4 heterocycles. The van der Waals surface area contributed by atoms with Crippen molar-refractivity contribution in [1.29, 1.82) is 0 Å². The van der Waals surface area contributed by atoms with Gasteiger partial charge in [0.05, 0.1) is 29.3 Å². The molecule has 1 unspecified atom stereocenters. The van der Waals surface area contributed by atoms with Crippen molar-refractivity contribution < 1.29 is 9.53 Å². The van der Waals surface area contributed by atoms with Crippen LogP contribution in [0.1, 0.15) is 38.9 Å². The molecule has 0 aliphatic carbocycles. The third-order valence-corrected chi connectivity index (χ3v) is 5.40. The maximum Gasteiger partial charge on any atom is 0.415 e. The van der Waals surface area contributed by atoms with Crippen LogP contribution in [0.5, 0.6) is 0 Å². The number of carbonyl (C=O) groups excluding carboxylic acids is 1. The van der Waals surface area contributed by atoms with Crippen molar-refractivity contribution in [2.24, 2.45) is 7.05 Å². The molecule has 1 aliphatic rings. The first-order valence-electron chi connectivity index (χ1n) is 9.90. The summed E-state index contributed by atoms with van der Waals surface area (Å²) in [6.45, 7) is 8.57. The van der Waals surface area contributed by atoms with Crippen LogP contribution >= 0.6 is 0 Å². The molecule has 1 aliphatic heterocycles. The minimum absolute atomic E-state index is 0.0237. The largest absolute Gasteiger partial charge is 0.447 e. The lowest BCUT2D eigenvalue weighted by molar-refractivity contribution is 0.178. The van der Waals surface area contributed by atoms with Crippen molar-refractivity contribution in [2.75, 3.05) is 23.5 Å². The molecule has 3 aromatic heterocycles. The first kappa shape index (κ1) is 19.2. The number of cyclic esters (lactones) is 1. The van der Waals surface area contributed by atoms with E-state index in [4.69, 9.17) is 14.8 Å². The van der Waals surface area contributed by atoms with Gasteiger partial charge in [0.2, 0.25) is 0 Å². The van der Waals surface area contributed by atoms with Gasteiger partial charge in [-0.15, -0.1) is 0 Å². The molecule has 3 aromatic rings. The van der Waals surface area contributed by atoms with Gasteiger partial charge in [-0.05, 0) is 27.2 Å². The van der Waals surface area contributed by atoms with Crippen LogP contribution < -0.4 is 9.80 Å². The van der Waals surface area contributed by atoms with Gasteiger partial charge < -0.3 is 9.64 Å². The highest BCUT2D eigenvalue weighted by Crippen LogP contribution is 2.37. The van der Waals surface area contributed by atoms with Gasteiger partial charge in [-0.2, -0.15) is 10.2 Å². The van der Waals surface area contributed by atoms with Crippen molar-refractivity contribution in [2.45, 2.75) is 46.2 Å². The second-order valence-electron chi connectivity index (χ2n) is 7.76. The fourth-order valence-corrected chi connectivity index (χ4v) is 3.76. The number of rotatable bonds is 5. The maximum absolute atomic E-state index is 12.4. The van der Waals surface area contributed by atoms with Crippen LogP contribution in [-0.2, 0) is 11.8 Å². The van der Waals surface area contributed by atoms with E-state index in [0.29, 0.717) is 12.4 Å². The van der Waals surface area contributed by atoms with Crippen LogP contribution in [0, 0.1) is 6.92 Å². The Hall–Kier alpha value is -3.10. The Balaban J connectivity index is 1.96. The number of nitrogens with zero attached hydrogens (tertiary/aromatic N) is 7. The second-order valence-corrected chi connectivity index (χ2v) is 7.76. The second kappa shape index (κ2) is 7.06. The molecular formula is C20H27N7O2. The SMILES string of the molecule is CCC1COC(=O)N1c1cc(N(C)c2cnn(C)c2)c2c(n1)c(C)nn2C(C)C. The molecule has 0 bridgehead atoms. The first-order valence-corrected chi connectivity index (χ1v) is 9.90. The Morgan fingerprint density at radius 1 is 1.38 bits per heavy atom. The predicted octanol–water partition coefficient (Wildman–Crippen LogP) is 3.56. The molecule has 1 fully saturated rings. The summed E-state index contributed by atoms with van der Waals surface area (Å²) in [4.78, 5) is 21.0. The Morgan fingerprint density at radius 3 is 2.76 bits per heavy atom. The number of hydrogen-bond acceptors (Lipinski definition) is 6. The van der Waals surface area contributed by atoms with Gasteiger partial charge in [0.15, 0.2) is 0 Å². The highest BCUT2D eigenvalue weighted by molar-refractivity contribution is 5.97. The predicted molar refractivity (Wildman–Crippen MR) is 112 cm³/mol. The molecule has 0 aromatic carbocycles. The summed E-state index contributed by atoms with van der Waals surface area (Å²) >= 11 is 0. The van der Waals surface area contributed by atoms with Gasteiger partial charge in [-0.25, -0.2) is 9.78 Å². The van der Waals surface area contributed by atoms with Crippen LogP contribution in [0.2, 0.25) is 0 Å². The molecule has 0 N–H and O–H groups in total. The number of anilines is 3. The van der Waals surface area contributed by atoms with Crippen LogP contribution in [0.25, 0.3) is 11.0 Å². The number of fused-ring (bicyclic) bond motifs is 1. The van der Waals surface area contributed by atoms with E-state index in [2.05, 4.69) is 23.8 Å². The topological polar surface area (TPSA) is 81.3 Å². The molecule has 1 atom stereocenters. The van der Waals surface area contributed by atoms with Crippen molar-refractivity contribution in [3.05, 3.63) is 24.2 Å². The van der Waals surface area contributed by atoms with E-state index >= 15 is 0 Å². The van der Waals surface area contributed by atoms with Crippen LogP contribution in [0.15, 0.2) is 18.5 Å². The lowest BCUT2D eigenvalue weighted by atomic mass is 10.2. The van der Waals surface area contributed by atoms with Gasteiger partial charge in [0.1, 0.15) is 23.5 Å². The minimum Gasteiger partial charge on any atom is -0.447 e. The summed E-state index contributed by atoms with van der Waals surface area (Å²) < 4.78 is 9.05. The van der Waals surface area contributed by atoms with Crippen molar-refractivity contribution in [1.82, 2.24) is 24.5 Å². The van der Waals surface area contributed by atoms with Gasteiger partial charge in [-0.3, -0.25) is 14.3 Å². The van der Waals surface area contributed by atoms with E-state index in [9.17, 15) is 4.79 Å². The Morgan fingerprint density at radius 2 is 2.14 bits per heavy atom. The van der Waals surface area contributed by atoms with E-state index in [-0.39, 0.29) is 18.2 Å². The van der Waals surface area contributed by atoms with Crippen molar-refractivity contribution in [3.8, 4) is 0 Å². The molecule has 0 spiro atoms. The van der Waals surface area contributed by atoms with Crippen LogP contribution in [-0.4, -0.2) is 50.3 Å². The van der Waals surface area contributed by atoms with Crippen molar-refractivity contribution in [3.63, 3.8) is 0 Å². The van der Waals surface area contributed by atoms with Gasteiger partial charge in [0.25, 0.3) is 0 Å². The zero-order valence-electron chi connectivity index (χ0n) is 17.7. The molecule has 154 valence electrons. The lowest BCUT2D eigenvalue weighted by Crippen LogP contribution is -2.33. The van der Waals surface area contributed by atoms with E-state index in [1.807, 2.05) is 51.1 Å². The molecule has 9 heteroatoms. The summed E-state index contributed by atoms with van der Waals surface area (Å²) in [5, 5.41) is 9.02. The Kier molecular flexibility index (Phi) is 4.68. The van der Waals surface area contributed by atoms with E-state index in [0.717, 1.165) is 34.5 Å². The fraction of sp³-hybridized carbons (Fsp3) is 0.500. The van der Waals surface area contributed by atoms with Crippen molar-refractivity contribution >= 4 is 34.3 Å². The van der Waals surface area contributed by atoms with Crippen LogP contribution in [0.3, 0.4) is 0 Å². The third-order valence-electron chi connectivity index (χ3n) is 5.40. The number of ether oxygens (including phenoxy) is 1. The zero-order chi connectivity index (χ0) is 20.9. The van der Waals surface area contributed by atoms with E-state index in [1.54, 1.807) is 9.58 Å². The number of carbonyl (C=O) groups is 1. The molecule has 0 saturated carbocycles. The summed E-state index contributed by atoms with van der Waals surface area (Å²) in [5.41, 5.74) is 4.42. The third kappa shape index (κ3) is 3.10. The number of aromatic nitrogens is 5. The fourth-order valence-electron chi connectivity index (χ4n) is 3.76. The number of pyridine rings is 1. The Labute approximate surface area is 169 Å². The summed E-state index contributed by atoms with van der Waals surface area (Å²) in [7, 11) is 3.88. The van der Waals surface area contributed by atoms with E-state index < -0.39 is 0 Å². The zero-order valence-corrected chi connectivity index (χ0v) is 17.7. The average Bonchev–Trinajstić information content (AvgIpc) is 3.38. The quantitative estimate of drug-likeness (QED) is 0.655. The average molecular weight is 397 g/mol. The molecule has 9 nitrogen and oxygen atoms in total. The standard InChI is InChI=1S/C20H27N7O2/c1-7-14-11-29-20(28)26(14)17-8-16(25(6)15-9-21-24(5)10-15)19-18(22-17)13(4)23-27(19)12(2)3/h8-10,12,14H,7,11H2,1-6H3. The lowest BCUT2D eigenvalue weighted by Gasteiger charge is -2.24. The molecular weight excluding hydrogens is 370 g/mol. The molecule has 0 radical (unpaired) electrons. The van der Waals surface area contributed by atoms with Gasteiger partial charge in [-0.1, -0.05) is 6.92 Å². The molecule has 1 amide bonds. The van der Waals surface area contributed by atoms with Gasteiger partial charge >= 0.3 is 6.09 Å². The molecule has 29 heavy (non-hydrogen) atoms. The molecule has 4 rings (SSSR count). The number of hydrogen-bond donors (Lipinski definition) is 0. The molecule has 1 saturated heterocycles. The highest BCUT2D eigenvalue weighted by atomic mass is 16.6. The number of aryl methyl sites for hydroxylation is 2. The first-order chi connectivity index (χ1) is 13.8. The van der Waals surface area contributed by atoms with Crippen LogP contribution in [0.4, 0.5) is 22.0 Å². The smallest absolute Gasteiger partial charge is 0.415 e. The summed E-state index contributed by atoms with van der Waals surface area (Å²) in [6, 6.07) is 2.09. The normalized spacial score (nSPS) is 16.9. The Bertz CT molecular complexity index is 1070. The minimum atomic E-state index is -0.354. The maximum atomic E-state index is 12.4. The van der Waals surface area contributed by atoms with E-state index in [1.165, 1.54) is 0 Å².